The van der Waals surface area contributed by atoms with Gasteiger partial charge in [-0.05, 0) is 0 Å². The van der Waals surface area contributed by atoms with Crippen LogP contribution in [0.15, 0.2) is 17.1 Å². The number of H-pyrrole nitrogens is 1. The zero-order chi connectivity index (χ0) is 17.3. The molecule has 2 aliphatic heterocycles. The number of rotatable bonds is 2. The molecule has 1 aromatic rings. The number of carbonyl (C=O) groups excluding carboxylic acids is 1. The van der Waals surface area contributed by atoms with Crippen LogP contribution in [0.25, 0.3) is 0 Å². The van der Waals surface area contributed by atoms with Gasteiger partial charge < -0.3 is 0 Å². The molecule has 3 rings (SSSR count). The van der Waals surface area contributed by atoms with E-state index in [4.69, 9.17) is 10.00 Å². The second-order valence-electron chi connectivity index (χ2n) is 5.66. The van der Waals surface area contributed by atoms with Crippen LogP contribution < -0.4 is 10.9 Å². The summed E-state index contributed by atoms with van der Waals surface area (Å²) in [6, 6.07) is 1.12. The third kappa shape index (κ3) is 2.47. The van der Waals surface area contributed by atoms with Crippen LogP contribution in [-0.2, 0) is 19.7 Å². The van der Waals surface area contributed by atoms with Crippen molar-refractivity contribution in [1.82, 2.24) is 15.2 Å². The minimum absolute atomic E-state index is 0.00150. The molecule has 124 valence electrons. The Kier molecular flexibility index (Phi) is 4.11. The summed E-state index contributed by atoms with van der Waals surface area (Å²) in [5.74, 6) is -1.55. The van der Waals surface area contributed by atoms with Crippen molar-refractivity contribution in [2.24, 2.45) is 5.92 Å². The first-order valence-electron chi connectivity index (χ1n) is 7.26. The van der Waals surface area contributed by atoms with Crippen LogP contribution in [0.3, 0.4) is 0 Å². The number of aromatic nitrogens is 1. The van der Waals surface area contributed by atoms with Gasteiger partial charge in [0.05, 0.1) is 0 Å². The van der Waals surface area contributed by atoms with Crippen molar-refractivity contribution < 1.29 is 18.6 Å². The van der Waals surface area contributed by atoms with Crippen molar-refractivity contribution >= 4 is 18.7 Å². The molecule has 0 spiro atoms. The molecule has 2 N–H and O–H groups in total. The summed E-state index contributed by atoms with van der Waals surface area (Å²) in [4.78, 5) is 28.0. The molecule has 0 aromatic carbocycles. The van der Waals surface area contributed by atoms with Gasteiger partial charge in [0, 0.05) is 0 Å². The summed E-state index contributed by atoms with van der Waals surface area (Å²) in [5, 5.41) is 11.6. The van der Waals surface area contributed by atoms with Gasteiger partial charge >= 0.3 is 136 Å². The predicted molar refractivity (Wildman–Crippen MR) is 81.0 cm³/mol. The van der Waals surface area contributed by atoms with Gasteiger partial charge in [-0.15, -0.1) is 0 Å². The van der Waals surface area contributed by atoms with Crippen LogP contribution in [0.2, 0.25) is 0 Å². The van der Waals surface area contributed by atoms with E-state index in [1.807, 2.05) is 0 Å². The summed E-state index contributed by atoms with van der Waals surface area (Å²) in [6.45, 7) is 0.355. The van der Waals surface area contributed by atoms with E-state index in [2.05, 4.69) is 15.0 Å². The fourth-order valence-corrected chi connectivity index (χ4v) is 3.22. The molecule has 1 amide bonds. The number of nitriles is 1. The number of hydrogen-bond acceptors (Lipinski definition) is 6. The number of fused-ring (bicyclic) bond motifs is 1. The minimum atomic E-state index is -1.25. The molecule has 0 bridgehead atoms. The molecule has 2 aliphatic rings. The molecule has 2 unspecified atom stereocenters. The zero-order valence-electron chi connectivity index (χ0n) is 12.8. The number of carbonyl (C=O) groups is 1. The van der Waals surface area contributed by atoms with Crippen LogP contribution in [0.1, 0.15) is 12.0 Å². The third-order valence-corrected chi connectivity index (χ3v) is 4.39. The molecular formula is C14H14BFN4O4. The monoisotopic (exact) mass is 332 g/mol. The van der Waals surface area contributed by atoms with Gasteiger partial charge in [0.2, 0.25) is 0 Å². The van der Waals surface area contributed by atoms with Crippen molar-refractivity contribution in [3.63, 3.8) is 0 Å². The predicted octanol–water partition coefficient (Wildman–Crippen LogP) is -0.988. The van der Waals surface area contributed by atoms with Gasteiger partial charge in [0.25, 0.3) is 0 Å². The Labute approximate surface area is 137 Å². The van der Waals surface area contributed by atoms with E-state index >= 15 is 0 Å². The van der Waals surface area contributed by atoms with Gasteiger partial charge in [0.15, 0.2) is 0 Å². The molecule has 0 radical (unpaired) electrons. The van der Waals surface area contributed by atoms with Crippen LogP contribution >= 0.6 is 0 Å². The van der Waals surface area contributed by atoms with Gasteiger partial charge in [-0.1, -0.05) is 0 Å². The van der Waals surface area contributed by atoms with Crippen molar-refractivity contribution in [3.05, 3.63) is 34.0 Å². The third-order valence-electron chi connectivity index (χ3n) is 4.39. The first-order chi connectivity index (χ1) is 11.5. The standard InChI is InChI=1S/C14H14BFN4O4/c1-20-12(22)8-2-3-23-6-14(8,19-13(20)15-24-7-17)9-4-11(21)18-5-10(9)16/h4-5,8,19H,2-3,6H2,1H3,(H,18,21). The number of nitrogens with one attached hydrogen (secondary N) is 2. The SMILES string of the molecule is CN1C(=O)C2CCOCC2(c2cc(=O)[nH]cc2F)NC1=BOC#N. The summed E-state index contributed by atoms with van der Waals surface area (Å²) >= 11 is 0. The van der Waals surface area contributed by atoms with E-state index in [0.717, 1.165) is 19.4 Å². The van der Waals surface area contributed by atoms with Crippen LogP contribution in [-0.4, -0.2) is 48.9 Å². The van der Waals surface area contributed by atoms with E-state index in [9.17, 15) is 14.0 Å². The molecule has 2 saturated heterocycles. The zero-order valence-corrected chi connectivity index (χ0v) is 12.8. The van der Waals surface area contributed by atoms with E-state index < -0.39 is 22.8 Å². The fourth-order valence-electron chi connectivity index (χ4n) is 3.22. The summed E-state index contributed by atoms with van der Waals surface area (Å²) in [6.07, 6.45) is 2.81. The number of ether oxygens (including phenoxy) is 1. The molecule has 8 nitrogen and oxygen atoms in total. The Morgan fingerprint density at radius 1 is 1.58 bits per heavy atom. The van der Waals surface area contributed by atoms with E-state index in [0.29, 0.717) is 13.0 Å². The average Bonchev–Trinajstić information content (AvgIpc) is 2.59. The topological polar surface area (TPSA) is 107 Å². The number of halogens is 1. The Balaban J connectivity index is 2.16. The van der Waals surface area contributed by atoms with E-state index in [1.165, 1.54) is 18.2 Å². The Morgan fingerprint density at radius 3 is 3.12 bits per heavy atom. The number of nitrogens with zero attached hydrogens (tertiary/aromatic N) is 2. The second-order valence-corrected chi connectivity index (χ2v) is 5.66. The van der Waals surface area contributed by atoms with Crippen LogP contribution in [0.5, 0.6) is 0 Å². The summed E-state index contributed by atoms with van der Waals surface area (Å²) < 4.78 is 24.5. The second kappa shape index (κ2) is 6.09. The first kappa shape index (κ1) is 16.2. The quantitative estimate of drug-likeness (QED) is 0.532. The maximum absolute atomic E-state index is 14.4. The molecule has 2 fully saturated rings. The molecule has 1 aromatic heterocycles. The van der Waals surface area contributed by atoms with E-state index in [1.54, 1.807) is 0 Å². The Bertz CT molecular complexity index is 805. The Hall–Kier alpha value is -2.67. The fraction of sp³-hybridized carbons (Fsp3) is 0.429. The average molecular weight is 332 g/mol. The summed E-state index contributed by atoms with van der Waals surface area (Å²) in [7, 11) is 2.59. The molecule has 3 heterocycles. The van der Waals surface area contributed by atoms with Gasteiger partial charge in [-0.25, -0.2) is 0 Å². The first-order valence-corrected chi connectivity index (χ1v) is 7.26. The molecular weight excluding hydrogens is 318 g/mol. The van der Waals surface area contributed by atoms with Crippen LogP contribution in [0, 0.1) is 23.3 Å². The number of amides is 1. The maximum atomic E-state index is 14.4. The normalized spacial score (nSPS) is 27.7. The van der Waals surface area contributed by atoms with Crippen LogP contribution in [0.4, 0.5) is 4.39 Å². The van der Waals surface area contributed by atoms with Crippen molar-refractivity contribution in [2.45, 2.75) is 12.0 Å². The molecule has 2 atom stereocenters. The van der Waals surface area contributed by atoms with Gasteiger partial charge in [-0.3, -0.25) is 0 Å². The van der Waals surface area contributed by atoms with Gasteiger partial charge in [0.1, 0.15) is 0 Å². The molecule has 0 aliphatic carbocycles. The van der Waals surface area contributed by atoms with Gasteiger partial charge in [-0.2, -0.15) is 0 Å². The van der Waals surface area contributed by atoms with Crippen molar-refractivity contribution in [2.75, 3.05) is 20.3 Å². The Morgan fingerprint density at radius 2 is 2.38 bits per heavy atom. The van der Waals surface area contributed by atoms with Crippen molar-refractivity contribution in [3.8, 4) is 6.26 Å². The van der Waals surface area contributed by atoms with Crippen molar-refractivity contribution in [1.29, 1.82) is 5.26 Å². The van der Waals surface area contributed by atoms with E-state index in [-0.39, 0.29) is 23.8 Å². The number of pyridine rings is 1. The molecule has 0 saturated carbocycles. The number of hydrogen-bond donors (Lipinski definition) is 2. The molecule has 24 heavy (non-hydrogen) atoms. The molecule has 10 heteroatoms. The summed E-state index contributed by atoms with van der Waals surface area (Å²) in [5.41, 5.74) is -1.51. The number of aromatic amines is 1.